The van der Waals surface area contributed by atoms with Crippen molar-refractivity contribution in [1.29, 1.82) is 0 Å². The van der Waals surface area contributed by atoms with Crippen molar-refractivity contribution in [3.63, 3.8) is 0 Å². The Labute approximate surface area is 214 Å². The maximum atomic E-state index is 13.5. The van der Waals surface area contributed by atoms with Crippen LogP contribution in [-0.2, 0) is 29.0 Å². The minimum absolute atomic E-state index is 0.0452. The number of nitrogens with zero attached hydrogens (tertiary/aromatic N) is 1. The van der Waals surface area contributed by atoms with E-state index in [1.54, 1.807) is 17.0 Å². The molecule has 1 atom stereocenters. The molecular weight excluding hydrogens is 467 g/mol. The van der Waals surface area contributed by atoms with Gasteiger partial charge in [0.05, 0.1) is 0 Å². The predicted octanol–water partition coefficient (Wildman–Crippen LogP) is 6.74. The first-order valence-corrected chi connectivity index (χ1v) is 13.3. The molecular formula is C28H36Cl2N2O2. The Kier molecular flexibility index (Phi) is 10.3. The summed E-state index contributed by atoms with van der Waals surface area (Å²) in [5, 5.41) is 4.26. The average molecular weight is 504 g/mol. The van der Waals surface area contributed by atoms with Crippen molar-refractivity contribution in [3.05, 3.63) is 69.2 Å². The zero-order valence-corrected chi connectivity index (χ0v) is 21.8. The highest BCUT2D eigenvalue weighted by Crippen LogP contribution is 2.25. The molecule has 0 aromatic heterocycles. The van der Waals surface area contributed by atoms with Crippen LogP contribution in [0.1, 0.15) is 75.5 Å². The number of carbonyl (C=O) groups is 2. The maximum Gasteiger partial charge on any atom is 0.243 e. The van der Waals surface area contributed by atoms with Crippen molar-refractivity contribution in [2.45, 2.75) is 90.3 Å². The van der Waals surface area contributed by atoms with Gasteiger partial charge in [-0.2, -0.15) is 0 Å². The summed E-state index contributed by atoms with van der Waals surface area (Å²) in [6, 6.07) is 13.3. The van der Waals surface area contributed by atoms with Crippen LogP contribution in [0, 0.1) is 0 Å². The summed E-state index contributed by atoms with van der Waals surface area (Å²) in [6.07, 6.45) is 8.02. The van der Waals surface area contributed by atoms with Crippen LogP contribution in [-0.4, -0.2) is 28.8 Å². The highest BCUT2D eigenvalue weighted by Gasteiger charge is 2.30. The monoisotopic (exact) mass is 502 g/mol. The van der Waals surface area contributed by atoms with Gasteiger partial charge in [0.2, 0.25) is 11.8 Å². The normalized spacial score (nSPS) is 15.1. The Hall–Kier alpha value is -2.04. The third-order valence-electron chi connectivity index (χ3n) is 6.75. The second kappa shape index (κ2) is 13.2. The van der Waals surface area contributed by atoms with Crippen molar-refractivity contribution < 1.29 is 9.59 Å². The second-order valence-corrected chi connectivity index (χ2v) is 10.0. The lowest BCUT2D eigenvalue weighted by Gasteiger charge is -2.33. The molecule has 2 amide bonds. The van der Waals surface area contributed by atoms with Gasteiger partial charge < -0.3 is 10.2 Å². The fraction of sp³-hybridized carbons (Fsp3) is 0.500. The Morgan fingerprint density at radius 2 is 1.68 bits per heavy atom. The maximum absolute atomic E-state index is 13.5. The van der Waals surface area contributed by atoms with Crippen LogP contribution in [0.2, 0.25) is 10.0 Å². The Morgan fingerprint density at radius 3 is 2.29 bits per heavy atom. The van der Waals surface area contributed by atoms with Crippen LogP contribution in [0.5, 0.6) is 0 Å². The number of halogens is 2. The van der Waals surface area contributed by atoms with Crippen LogP contribution >= 0.6 is 23.2 Å². The van der Waals surface area contributed by atoms with E-state index in [0.717, 1.165) is 43.2 Å². The zero-order valence-electron chi connectivity index (χ0n) is 20.3. The summed E-state index contributed by atoms with van der Waals surface area (Å²) in [4.78, 5) is 28.5. The summed E-state index contributed by atoms with van der Waals surface area (Å²) in [5.41, 5.74) is 3.19. The molecule has 1 saturated carbocycles. The third-order valence-corrected chi connectivity index (χ3v) is 7.34. The Bertz CT molecular complexity index is 955. The average Bonchev–Trinajstić information content (AvgIpc) is 2.84. The van der Waals surface area contributed by atoms with Crippen molar-refractivity contribution in [3.8, 4) is 0 Å². The number of hydrogen-bond donors (Lipinski definition) is 1. The van der Waals surface area contributed by atoms with Gasteiger partial charge in [-0.05, 0) is 60.9 Å². The van der Waals surface area contributed by atoms with Gasteiger partial charge in [-0.1, -0.05) is 86.6 Å². The Morgan fingerprint density at radius 1 is 1.00 bits per heavy atom. The van der Waals surface area contributed by atoms with Crippen LogP contribution in [0.4, 0.5) is 0 Å². The van der Waals surface area contributed by atoms with Crippen molar-refractivity contribution in [1.82, 2.24) is 10.2 Å². The molecule has 1 aliphatic carbocycles. The van der Waals surface area contributed by atoms with Crippen LogP contribution in [0.15, 0.2) is 42.5 Å². The standard InChI is InChI=1S/C28H36Cl2N2O2/c1-3-20-10-12-21(13-11-20)14-17-27(33)32(19-22-15-16-23(29)18-25(22)30)26(4-2)28(34)31-24-8-6-5-7-9-24/h10-13,15-16,18,24,26H,3-9,14,17,19H2,1-2H3,(H,31,34)/t26-/m0/s1. The van der Waals surface area contributed by atoms with Gasteiger partial charge in [0.15, 0.2) is 0 Å². The summed E-state index contributed by atoms with van der Waals surface area (Å²) in [7, 11) is 0. The highest BCUT2D eigenvalue weighted by molar-refractivity contribution is 6.35. The number of rotatable bonds is 10. The van der Waals surface area contributed by atoms with Crippen molar-refractivity contribution in [2.24, 2.45) is 0 Å². The van der Waals surface area contributed by atoms with E-state index in [0.29, 0.717) is 29.3 Å². The fourth-order valence-corrected chi connectivity index (χ4v) is 5.10. The summed E-state index contributed by atoms with van der Waals surface area (Å²) < 4.78 is 0. The SMILES string of the molecule is CCc1ccc(CCC(=O)N(Cc2ccc(Cl)cc2Cl)[C@@H](CC)C(=O)NC2CCCCC2)cc1. The smallest absolute Gasteiger partial charge is 0.243 e. The molecule has 0 aliphatic heterocycles. The summed E-state index contributed by atoms with van der Waals surface area (Å²) in [6.45, 7) is 4.36. The van der Waals surface area contributed by atoms with Crippen molar-refractivity contribution in [2.75, 3.05) is 0 Å². The molecule has 34 heavy (non-hydrogen) atoms. The molecule has 1 aliphatic rings. The number of aryl methyl sites for hydroxylation is 2. The van der Waals surface area contributed by atoms with E-state index in [9.17, 15) is 9.59 Å². The van der Waals surface area contributed by atoms with Gasteiger partial charge in [0.25, 0.3) is 0 Å². The van der Waals surface area contributed by atoms with Crippen LogP contribution in [0.3, 0.4) is 0 Å². The molecule has 184 valence electrons. The Balaban J connectivity index is 1.77. The lowest BCUT2D eigenvalue weighted by Crippen LogP contribution is -2.51. The van der Waals surface area contributed by atoms with E-state index in [-0.39, 0.29) is 24.4 Å². The van der Waals surface area contributed by atoms with E-state index in [1.165, 1.54) is 12.0 Å². The topological polar surface area (TPSA) is 49.4 Å². The van der Waals surface area contributed by atoms with Gasteiger partial charge in [-0.3, -0.25) is 9.59 Å². The van der Waals surface area contributed by atoms with Gasteiger partial charge in [0, 0.05) is 29.1 Å². The molecule has 2 aromatic rings. The first kappa shape index (κ1) is 26.6. The number of amides is 2. The number of hydrogen-bond acceptors (Lipinski definition) is 2. The first-order valence-electron chi connectivity index (χ1n) is 12.5. The van der Waals surface area contributed by atoms with Gasteiger partial charge in [-0.15, -0.1) is 0 Å². The molecule has 4 nitrogen and oxygen atoms in total. The molecule has 0 saturated heterocycles. The van der Waals surface area contributed by atoms with E-state index < -0.39 is 6.04 Å². The predicted molar refractivity (Wildman–Crippen MR) is 140 cm³/mol. The molecule has 0 spiro atoms. The molecule has 0 heterocycles. The minimum Gasteiger partial charge on any atom is -0.352 e. The quantitative estimate of drug-likeness (QED) is 0.390. The largest absolute Gasteiger partial charge is 0.352 e. The van der Waals surface area contributed by atoms with E-state index in [2.05, 4.69) is 36.5 Å². The van der Waals surface area contributed by atoms with E-state index in [4.69, 9.17) is 23.2 Å². The molecule has 6 heteroatoms. The zero-order chi connectivity index (χ0) is 24.5. The third kappa shape index (κ3) is 7.48. The number of nitrogens with one attached hydrogen (secondary N) is 1. The van der Waals surface area contributed by atoms with E-state index in [1.807, 2.05) is 13.0 Å². The molecule has 3 rings (SSSR count). The van der Waals surface area contributed by atoms with Gasteiger partial charge in [-0.25, -0.2) is 0 Å². The highest BCUT2D eigenvalue weighted by atomic mass is 35.5. The first-order chi connectivity index (χ1) is 16.4. The van der Waals surface area contributed by atoms with E-state index >= 15 is 0 Å². The van der Waals surface area contributed by atoms with Gasteiger partial charge in [0.1, 0.15) is 6.04 Å². The minimum atomic E-state index is -0.538. The van der Waals surface area contributed by atoms with Gasteiger partial charge >= 0.3 is 0 Å². The summed E-state index contributed by atoms with van der Waals surface area (Å²) >= 11 is 12.5. The van der Waals surface area contributed by atoms with Crippen molar-refractivity contribution >= 4 is 35.0 Å². The fourth-order valence-electron chi connectivity index (χ4n) is 4.63. The van der Waals surface area contributed by atoms with Crippen LogP contribution < -0.4 is 5.32 Å². The second-order valence-electron chi connectivity index (χ2n) is 9.19. The molecule has 1 fully saturated rings. The molecule has 0 unspecified atom stereocenters. The number of carbonyl (C=O) groups excluding carboxylic acids is 2. The molecule has 0 radical (unpaired) electrons. The summed E-state index contributed by atoms with van der Waals surface area (Å²) in [5.74, 6) is -0.114. The molecule has 2 aromatic carbocycles. The lowest BCUT2D eigenvalue weighted by atomic mass is 9.95. The van der Waals surface area contributed by atoms with Crippen LogP contribution in [0.25, 0.3) is 0 Å². The number of benzene rings is 2. The lowest BCUT2D eigenvalue weighted by molar-refractivity contribution is -0.141. The molecule has 0 bridgehead atoms. The molecule has 1 N–H and O–H groups in total.